The second kappa shape index (κ2) is 5.83. The van der Waals surface area contributed by atoms with Gasteiger partial charge in [-0.15, -0.1) is 11.3 Å². The molecule has 1 amide bonds. The summed E-state index contributed by atoms with van der Waals surface area (Å²) in [6.45, 7) is 1.48. The largest absolute Gasteiger partial charge is 0.363 e. The van der Waals surface area contributed by atoms with E-state index in [-0.39, 0.29) is 11.7 Å². The van der Waals surface area contributed by atoms with E-state index in [9.17, 15) is 9.59 Å². The number of hydrogen-bond acceptors (Lipinski definition) is 5. The van der Waals surface area contributed by atoms with Gasteiger partial charge in [0.15, 0.2) is 5.78 Å². The van der Waals surface area contributed by atoms with E-state index in [4.69, 9.17) is 0 Å². The lowest BCUT2D eigenvalue weighted by Gasteiger charge is -2.11. The van der Waals surface area contributed by atoms with Gasteiger partial charge in [0.05, 0.1) is 21.6 Å². The summed E-state index contributed by atoms with van der Waals surface area (Å²) in [6, 6.07) is 6.93. The number of anilines is 2. The number of aromatic nitrogens is 1. The van der Waals surface area contributed by atoms with E-state index in [1.54, 1.807) is 24.4 Å². The highest BCUT2D eigenvalue weighted by Crippen LogP contribution is 2.19. The number of hydrogen-bond donors (Lipinski definition) is 1. The Morgan fingerprint density at radius 3 is 2.35 bits per heavy atom. The van der Waals surface area contributed by atoms with Crippen LogP contribution in [0.25, 0.3) is 0 Å². The van der Waals surface area contributed by atoms with E-state index in [1.165, 1.54) is 18.3 Å². The second-order valence-electron chi connectivity index (χ2n) is 4.47. The highest BCUT2D eigenvalue weighted by Gasteiger charge is 2.11. The molecule has 0 aliphatic heterocycles. The first-order chi connectivity index (χ1) is 9.47. The van der Waals surface area contributed by atoms with Crippen molar-refractivity contribution in [3.05, 3.63) is 40.2 Å². The van der Waals surface area contributed by atoms with Gasteiger partial charge in [0.1, 0.15) is 5.82 Å². The van der Waals surface area contributed by atoms with Gasteiger partial charge in [0.25, 0.3) is 5.91 Å². The van der Waals surface area contributed by atoms with Crippen LogP contribution >= 0.6 is 11.3 Å². The van der Waals surface area contributed by atoms with Gasteiger partial charge < -0.3 is 10.2 Å². The third-order valence-electron chi connectivity index (χ3n) is 2.64. The number of ketones is 1. The van der Waals surface area contributed by atoms with E-state index >= 15 is 0 Å². The summed E-state index contributed by atoms with van der Waals surface area (Å²) in [6.07, 6.45) is 1.60. The lowest BCUT2D eigenvalue weighted by molar-refractivity contribution is 0.101. The van der Waals surface area contributed by atoms with Crippen LogP contribution in [0.5, 0.6) is 0 Å². The quantitative estimate of drug-likeness (QED) is 0.879. The van der Waals surface area contributed by atoms with Gasteiger partial charge >= 0.3 is 0 Å². The summed E-state index contributed by atoms with van der Waals surface area (Å²) < 4.78 is 0. The first-order valence-corrected chi connectivity index (χ1v) is 6.84. The maximum atomic E-state index is 12.0. The minimum atomic E-state index is -0.234. The smallest absolute Gasteiger partial charge is 0.265 e. The Morgan fingerprint density at radius 1 is 1.15 bits per heavy atom. The monoisotopic (exact) mass is 289 g/mol. The van der Waals surface area contributed by atoms with Gasteiger partial charge in [0.2, 0.25) is 0 Å². The molecule has 2 rings (SSSR count). The lowest BCUT2D eigenvalue weighted by atomic mass is 10.3. The second-order valence-corrected chi connectivity index (χ2v) is 5.56. The number of nitrogens with zero attached hydrogens (tertiary/aromatic N) is 2. The average Bonchev–Trinajstić information content (AvgIpc) is 2.89. The summed E-state index contributed by atoms with van der Waals surface area (Å²) in [5.74, 6) is 0.547. The van der Waals surface area contributed by atoms with E-state index in [0.29, 0.717) is 15.4 Å². The number of pyridine rings is 1. The van der Waals surface area contributed by atoms with Crippen LogP contribution in [0.1, 0.15) is 26.3 Å². The van der Waals surface area contributed by atoms with Gasteiger partial charge in [-0.05, 0) is 31.2 Å². The number of carbonyl (C=O) groups excluding carboxylic acids is 2. The summed E-state index contributed by atoms with van der Waals surface area (Å²) >= 11 is 1.19. The summed E-state index contributed by atoms with van der Waals surface area (Å²) in [4.78, 5) is 30.4. The van der Waals surface area contributed by atoms with Crippen molar-refractivity contribution in [1.82, 2.24) is 4.98 Å². The first-order valence-electron chi connectivity index (χ1n) is 6.03. The van der Waals surface area contributed by atoms with Crippen molar-refractivity contribution in [3.63, 3.8) is 0 Å². The van der Waals surface area contributed by atoms with Crippen LogP contribution in [-0.4, -0.2) is 30.8 Å². The van der Waals surface area contributed by atoms with Crippen molar-refractivity contribution in [2.75, 3.05) is 24.3 Å². The van der Waals surface area contributed by atoms with E-state index in [2.05, 4.69) is 10.3 Å². The molecule has 104 valence electrons. The Balaban J connectivity index is 2.08. The molecule has 2 aromatic rings. The standard InChI is InChI=1S/C14H15N3O2S/c1-9(18)11-5-6-12(20-11)14(19)16-10-4-7-13(15-8-10)17(2)3/h4-8H,1-3H3,(H,16,19). The zero-order valence-electron chi connectivity index (χ0n) is 11.5. The number of thiophene rings is 1. The molecular weight excluding hydrogens is 274 g/mol. The van der Waals surface area contributed by atoms with E-state index < -0.39 is 0 Å². The van der Waals surface area contributed by atoms with Crippen LogP contribution in [0.2, 0.25) is 0 Å². The molecule has 0 bridgehead atoms. The predicted molar refractivity (Wildman–Crippen MR) is 80.8 cm³/mol. The van der Waals surface area contributed by atoms with Gasteiger partial charge in [-0.1, -0.05) is 0 Å². The summed E-state index contributed by atoms with van der Waals surface area (Å²) in [7, 11) is 3.80. The van der Waals surface area contributed by atoms with Crippen LogP contribution in [0.15, 0.2) is 30.5 Å². The van der Waals surface area contributed by atoms with Crippen LogP contribution in [-0.2, 0) is 0 Å². The zero-order valence-corrected chi connectivity index (χ0v) is 12.3. The number of amides is 1. The fourth-order valence-electron chi connectivity index (χ4n) is 1.57. The highest BCUT2D eigenvalue weighted by molar-refractivity contribution is 7.16. The first kappa shape index (κ1) is 14.2. The molecule has 0 fully saturated rings. The predicted octanol–water partition coefficient (Wildman–Crippen LogP) is 2.66. The average molecular weight is 289 g/mol. The molecule has 6 heteroatoms. The number of nitrogens with one attached hydrogen (secondary N) is 1. The minimum absolute atomic E-state index is 0.0361. The third kappa shape index (κ3) is 3.21. The SMILES string of the molecule is CC(=O)c1ccc(C(=O)Nc2ccc(N(C)C)nc2)s1. The van der Waals surface area contributed by atoms with Gasteiger partial charge in [-0.3, -0.25) is 9.59 Å². The fraction of sp³-hybridized carbons (Fsp3) is 0.214. The molecule has 0 aromatic carbocycles. The Bertz CT molecular complexity index is 632. The van der Waals surface area contributed by atoms with Crippen molar-refractivity contribution < 1.29 is 9.59 Å². The molecule has 0 saturated carbocycles. The zero-order chi connectivity index (χ0) is 14.7. The molecule has 2 heterocycles. The molecule has 2 aromatic heterocycles. The number of carbonyl (C=O) groups is 2. The number of Topliss-reactive ketones (excluding diaryl/α,β-unsaturated/α-hetero) is 1. The van der Waals surface area contributed by atoms with Gasteiger partial charge in [-0.25, -0.2) is 4.98 Å². The maximum Gasteiger partial charge on any atom is 0.265 e. The lowest BCUT2D eigenvalue weighted by Crippen LogP contribution is -2.12. The normalized spacial score (nSPS) is 10.2. The molecular formula is C14H15N3O2S. The van der Waals surface area contributed by atoms with Crippen molar-refractivity contribution in [2.45, 2.75) is 6.92 Å². The van der Waals surface area contributed by atoms with Crippen molar-refractivity contribution in [1.29, 1.82) is 0 Å². The van der Waals surface area contributed by atoms with Crippen LogP contribution in [0.4, 0.5) is 11.5 Å². The van der Waals surface area contributed by atoms with Gasteiger partial charge in [0, 0.05) is 14.1 Å². The minimum Gasteiger partial charge on any atom is -0.363 e. The Hall–Kier alpha value is -2.21. The molecule has 5 nitrogen and oxygen atoms in total. The maximum absolute atomic E-state index is 12.0. The molecule has 0 unspecified atom stereocenters. The molecule has 0 atom stereocenters. The van der Waals surface area contributed by atoms with E-state index in [0.717, 1.165) is 5.82 Å². The summed E-state index contributed by atoms with van der Waals surface area (Å²) in [5, 5.41) is 2.76. The topological polar surface area (TPSA) is 62.3 Å². The number of rotatable bonds is 4. The van der Waals surface area contributed by atoms with Crippen molar-refractivity contribution in [2.24, 2.45) is 0 Å². The van der Waals surface area contributed by atoms with Crippen molar-refractivity contribution in [3.8, 4) is 0 Å². The van der Waals surface area contributed by atoms with Crippen LogP contribution in [0.3, 0.4) is 0 Å². The molecule has 20 heavy (non-hydrogen) atoms. The molecule has 0 spiro atoms. The molecule has 1 N–H and O–H groups in total. The van der Waals surface area contributed by atoms with E-state index in [1.807, 2.05) is 25.1 Å². The van der Waals surface area contributed by atoms with Crippen LogP contribution in [0, 0.1) is 0 Å². The Kier molecular flexibility index (Phi) is 4.14. The Labute approximate surface area is 121 Å². The van der Waals surface area contributed by atoms with Crippen molar-refractivity contribution >= 4 is 34.5 Å². The molecule has 0 saturated heterocycles. The fourth-order valence-corrected chi connectivity index (χ4v) is 2.36. The molecule has 0 aliphatic carbocycles. The molecule has 0 radical (unpaired) electrons. The third-order valence-corrected chi connectivity index (χ3v) is 3.83. The highest BCUT2D eigenvalue weighted by atomic mass is 32.1. The summed E-state index contributed by atoms with van der Waals surface area (Å²) in [5.41, 5.74) is 0.623. The molecule has 0 aliphatic rings. The van der Waals surface area contributed by atoms with Crippen LogP contribution < -0.4 is 10.2 Å². The van der Waals surface area contributed by atoms with Gasteiger partial charge in [-0.2, -0.15) is 0 Å². The Morgan fingerprint density at radius 2 is 1.85 bits per heavy atom.